The maximum atomic E-state index is 5.50. The minimum absolute atomic E-state index is 0.277. The maximum Gasteiger partial charge on any atom is 0.231 e. The molecule has 0 unspecified atom stereocenters. The molecule has 2 aromatic rings. The van der Waals surface area contributed by atoms with Crippen LogP contribution in [0.2, 0.25) is 0 Å². The zero-order valence-corrected chi connectivity index (χ0v) is 16.0. The van der Waals surface area contributed by atoms with Gasteiger partial charge >= 0.3 is 0 Å². The van der Waals surface area contributed by atoms with E-state index in [1.807, 2.05) is 12.1 Å². The summed E-state index contributed by atoms with van der Waals surface area (Å²) in [6, 6.07) is 6.18. The van der Waals surface area contributed by atoms with Crippen molar-refractivity contribution in [3.8, 4) is 11.5 Å². The Morgan fingerprint density at radius 1 is 1.27 bits per heavy atom. The summed E-state index contributed by atoms with van der Waals surface area (Å²) >= 11 is 1.65. The van der Waals surface area contributed by atoms with E-state index in [4.69, 9.17) is 24.2 Å². The summed E-state index contributed by atoms with van der Waals surface area (Å²) in [6.07, 6.45) is 2.25. The van der Waals surface area contributed by atoms with Crippen LogP contribution in [0.1, 0.15) is 25.3 Å². The van der Waals surface area contributed by atoms with E-state index >= 15 is 0 Å². The molecule has 0 spiro atoms. The van der Waals surface area contributed by atoms with Crippen LogP contribution in [0.25, 0.3) is 10.9 Å². The molecule has 138 valence electrons. The summed E-state index contributed by atoms with van der Waals surface area (Å²) in [5.41, 5.74) is 2.14. The molecule has 0 aliphatic carbocycles. The Morgan fingerprint density at radius 2 is 2.12 bits per heavy atom. The number of methoxy groups -OCH3 is 1. The first-order valence-electron chi connectivity index (χ1n) is 8.98. The number of rotatable bonds is 6. The third-order valence-corrected chi connectivity index (χ3v) is 5.61. The molecule has 0 atom stereocenters. The average molecular weight is 373 g/mol. The number of hydrogen-bond acceptors (Lipinski definition) is 6. The molecular weight excluding hydrogens is 350 g/mol. The number of unbranched alkanes of at least 4 members (excludes halogenated alkanes) is 1. The summed E-state index contributed by atoms with van der Waals surface area (Å²) in [4.78, 5) is 12.0. The summed E-state index contributed by atoms with van der Waals surface area (Å²) < 4.78 is 16.3. The number of amidine groups is 1. The fourth-order valence-electron chi connectivity index (χ4n) is 3.06. The zero-order chi connectivity index (χ0) is 17.9. The van der Waals surface area contributed by atoms with Gasteiger partial charge in [0, 0.05) is 43.8 Å². The molecule has 0 saturated heterocycles. The SMILES string of the molecule is CCCCN=C1Sc2nc3cc4c(cc3cc2CN1CCOC)OCO4. The summed E-state index contributed by atoms with van der Waals surface area (Å²) in [7, 11) is 1.73. The maximum absolute atomic E-state index is 5.50. The third-order valence-electron chi connectivity index (χ3n) is 4.49. The minimum atomic E-state index is 0.277. The van der Waals surface area contributed by atoms with Gasteiger partial charge in [-0.15, -0.1) is 0 Å². The van der Waals surface area contributed by atoms with Crippen LogP contribution < -0.4 is 9.47 Å². The van der Waals surface area contributed by atoms with Crippen molar-refractivity contribution in [2.45, 2.75) is 31.3 Å². The Morgan fingerprint density at radius 3 is 2.92 bits per heavy atom. The van der Waals surface area contributed by atoms with Gasteiger partial charge in [0.15, 0.2) is 16.7 Å². The minimum Gasteiger partial charge on any atom is -0.454 e. The smallest absolute Gasteiger partial charge is 0.231 e. The van der Waals surface area contributed by atoms with E-state index in [2.05, 4.69) is 17.9 Å². The molecular formula is C19H23N3O3S. The summed E-state index contributed by atoms with van der Waals surface area (Å²) in [6.45, 7) is 5.62. The van der Waals surface area contributed by atoms with E-state index in [0.29, 0.717) is 6.61 Å². The topological polar surface area (TPSA) is 56.2 Å². The Labute approximate surface area is 157 Å². The van der Waals surface area contributed by atoms with Crippen LogP contribution in [0.4, 0.5) is 0 Å². The average Bonchev–Trinajstić information content (AvgIpc) is 3.10. The monoisotopic (exact) mass is 373 g/mol. The van der Waals surface area contributed by atoms with Crippen LogP contribution >= 0.6 is 11.8 Å². The van der Waals surface area contributed by atoms with E-state index in [0.717, 1.165) is 65.1 Å². The Bertz CT molecular complexity index is 840. The molecule has 1 aromatic heterocycles. The molecule has 4 rings (SSSR count). The number of aromatic nitrogens is 1. The Kier molecular flexibility index (Phi) is 5.17. The van der Waals surface area contributed by atoms with Crippen molar-refractivity contribution in [1.29, 1.82) is 0 Å². The van der Waals surface area contributed by atoms with Gasteiger partial charge in [-0.05, 0) is 30.3 Å². The first-order valence-corrected chi connectivity index (χ1v) is 9.79. The van der Waals surface area contributed by atoms with Gasteiger partial charge in [0.1, 0.15) is 5.03 Å². The van der Waals surface area contributed by atoms with Crippen LogP contribution in [-0.4, -0.2) is 48.7 Å². The van der Waals surface area contributed by atoms with Crippen molar-refractivity contribution in [3.63, 3.8) is 0 Å². The van der Waals surface area contributed by atoms with Gasteiger partial charge in [0.05, 0.1) is 12.1 Å². The fraction of sp³-hybridized carbons (Fsp3) is 0.474. The van der Waals surface area contributed by atoms with Gasteiger partial charge in [-0.25, -0.2) is 4.98 Å². The van der Waals surface area contributed by atoms with Crippen molar-refractivity contribution in [1.82, 2.24) is 9.88 Å². The highest BCUT2D eigenvalue weighted by Gasteiger charge is 2.25. The Hall–Kier alpha value is -1.99. The first kappa shape index (κ1) is 17.4. The molecule has 26 heavy (non-hydrogen) atoms. The lowest BCUT2D eigenvalue weighted by Crippen LogP contribution is -2.34. The lowest BCUT2D eigenvalue weighted by molar-refractivity contribution is 0.174. The molecule has 0 N–H and O–H groups in total. The van der Waals surface area contributed by atoms with Crippen LogP contribution in [0.3, 0.4) is 0 Å². The van der Waals surface area contributed by atoms with E-state index in [1.54, 1.807) is 18.9 Å². The van der Waals surface area contributed by atoms with E-state index < -0.39 is 0 Å². The number of fused-ring (bicyclic) bond motifs is 3. The molecule has 0 fully saturated rings. The number of nitrogens with zero attached hydrogens (tertiary/aromatic N) is 3. The zero-order valence-electron chi connectivity index (χ0n) is 15.2. The number of pyridine rings is 1. The van der Waals surface area contributed by atoms with Gasteiger partial charge < -0.3 is 19.1 Å². The molecule has 1 aromatic carbocycles. The molecule has 3 heterocycles. The van der Waals surface area contributed by atoms with Gasteiger partial charge in [-0.1, -0.05) is 13.3 Å². The Balaban J connectivity index is 1.67. The highest BCUT2D eigenvalue weighted by molar-refractivity contribution is 8.13. The van der Waals surface area contributed by atoms with Crippen molar-refractivity contribution in [2.75, 3.05) is 33.6 Å². The predicted octanol–water partition coefficient (Wildman–Crippen LogP) is 3.67. The highest BCUT2D eigenvalue weighted by atomic mass is 32.2. The fourth-order valence-corrected chi connectivity index (χ4v) is 4.07. The quantitative estimate of drug-likeness (QED) is 0.720. The number of ether oxygens (including phenoxy) is 3. The molecule has 2 aliphatic heterocycles. The predicted molar refractivity (Wildman–Crippen MR) is 103 cm³/mol. The summed E-state index contributed by atoms with van der Waals surface area (Å²) in [5, 5.41) is 3.14. The van der Waals surface area contributed by atoms with Crippen LogP contribution in [0, 0.1) is 0 Å². The first-order chi connectivity index (χ1) is 12.8. The summed E-state index contributed by atoms with van der Waals surface area (Å²) in [5.74, 6) is 1.56. The van der Waals surface area contributed by atoms with Crippen LogP contribution in [0.5, 0.6) is 11.5 Å². The lowest BCUT2D eigenvalue weighted by Gasteiger charge is -2.30. The van der Waals surface area contributed by atoms with E-state index in [-0.39, 0.29) is 6.79 Å². The standard InChI is InChI=1S/C19H23N3O3S/c1-3-4-5-20-19-22(6-7-23-2)11-14-8-13-9-16-17(25-12-24-16)10-15(13)21-18(14)26-19/h8-10H,3-7,11-12H2,1-2H3. The van der Waals surface area contributed by atoms with Crippen molar-refractivity contribution in [2.24, 2.45) is 4.99 Å². The van der Waals surface area contributed by atoms with Crippen LogP contribution in [0.15, 0.2) is 28.2 Å². The van der Waals surface area contributed by atoms with E-state index in [9.17, 15) is 0 Å². The second-order valence-corrected chi connectivity index (χ2v) is 7.34. The van der Waals surface area contributed by atoms with Crippen molar-refractivity contribution < 1.29 is 14.2 Å². The number of aliphatic imine (C=N–C) groups is 1. The largest absolute Gasteiger partial charge is 0.454 e. The van der Waals surface area contributed by atoms with Crippen LogP contribution in [-0.2, 0) is 11.3 Å². The molecule has 6 nitrogen and oxygen atoms in total. The third kappa shape index (κ3) is 3.46. The lowest BCUT2D eigenvalue weighted by atomic mass is 10.1. The second kappa shape index (κ2) is 7.72. The molecule has 2 aliphatic rings. The number of thioether (sulfide) groups is 1. The van der Waals surface area contributed by atoms with Gasteiger partial charge in [-0.2, -0.15) is 0 Å². The molecule has 7 heteroatoms. The second-order valence-electron chi connectivity index (χ2n) is 6.39. The number of benzene rings is 1. The number of hydrogen-bond donors (Lipinski definition) is 0. The van der Waals surface area contributed by atoms with Crippen molar-refractivity contribution >= 4 is 27.8 Å². The molecule has 0 bridgehead atoms. The molecule has 0 amide bonds. The van der Waals surface area contributed by atoms with Gasteiger partial charge in [0.25, 0.3) is 0 Å². The van der Waals surface area contributed by atoms with Crippen molar-refractivity contribution in [3.05, 3.63) is 23.8 Å². The van der Waals surface area contributed by atoms with E-state index in [1.165, 1.54) is 5.56 Å². The normalized spacial score (nSPS) is 17.2. The van der Waals surface area contributed by atoms with Gasteiger partial charge in [-0.3, -0.25) is 4.99 Å². The molecule has 0 radical (unpaired) electrons. The molecule has 0 saturated carbocycles. The van der Waals surface area contributed by atoms with Gasteiger partial charge in [0.2, 0.25) is 6.79 Å². The highest BCUT2D eigenvalue weighted by Crippen LogP contribution is 2.39.